The molecule has 0 spiro atoms. The number of nitrogens with one attached hydrogen (secondary N) is 1. The van der Waals surface area contributed by atoms with Gasteiger partial charge in [0.05, 0.1) is 13.7 Å². The van der Waals surface area contributed by atoms with E-state index < -0.39 is 0 Å². The van der Waals surface area contributed by atoms with Crippen LogP contribution in [-0.4, -0.2) is 43.2 Å². The van der Waals surface area contributed by atoms with Gasteiger partial charge in [-0.1, -0.05) is 0 Å². The van der Waals surface area contributed by atoms with Crippen LogP contribution in [0.3, 0.4) is 0 Å². The van der Waals surface area contributed by atoms with Gasteiger partial charge in [-0.2, -0.15) is 0 Å². The number of carbonyl (C=O) groups is 1. The van der Waals surface area contributed by atoms with E-state index in [1.54, 1.807) is 13.0 Å². The van der Waals surface area contributed by atoms with Gasteiger partial charge in [0.2, 0.25) is 0 Å². The molecule has 0 aliphatic heterocycles. The third kappa shape index (κ3) is 5.17. The molecule has 5 nitrogen and oxygen atoms in total. The van der Waals surface area contributed by atoms with Crippen molar-refractivity contribution in [3.63, 3.8) is 0 Å². The van der Waals surface area contributed by atoms with Crippen molar-refractivity contribution in [2.45, 2.75) is 53.2 Å². The van der Waals surface area contributed by atoms with Gasteiger partial charge in [-0.05, 0) is 40.7 Å². The summed E-state index contributed by atoms with van der Waals surface area (Å²) in [6.45, 7) is 13.1. The van der Waals surface area contributed by atoms with E-state index in [9.17, 15) is 4.79 Å². The zero-order valence-electron chi connectivity index (χ0n) is 14.0. The first kappa shape index (κ1) is 17.7. The maximum Gasteiger partial charge on any atom is 0.341 e. The molecule has 1 aromatic rings. The van der Waals surface area contributed by atoms with E-state index in [2.05, 4.69) is 37.9 Å². The van der Waals surface area contributed by atoms with Crippen molar-refractivity contribution in [1.29, 1.82) is 0 Å². The third-order valence-corrected chi connectivity index (χ3v) is 3.55. The fourth-order valence-electron chi connectivity index (χ4n) is 2.48. The minimum absolute atomic E-state index is 0.353. The van der Waals surface area contributed by atoms with Crippen LogP contribution >= 0.6 is 0 Å². The van der Waals surface area contributed by atoms with Gasteiger partial charge >= 0.3 is 5.97 Å². The Morgan fingerprint density at radius 1 is 1.33 bits per heavy atom. The lowest BCUT2D eigenvalue weighted by Gasteiger charge is -2.30. The number of nitrogens with zero attached hydrogens (tertiary/aromatic N) is 1. The van der Waals surface area contributed by atoms with E-state index in [1.165, 1.54) is 7.11 Å². The highest BCUT2D eigenvalue weighted by atomic mass is 16.5. The molecule has 0 atom stereocenters. The highest BCUT2D eigenvalue weighted by Crippen LogP contribution is 2.15. The number of aryl methyl sites for hydroxylation is 1. The predicted octanol–water partition coefficient (Wildman–Crippen LogP) is 2.58. The largest absolute Gasteiger partial charge is 0.465 e. The number of rotatable bonds is 8. The molecule has 1 heterocycles. The molecule has 0 aromatic carbocycles. The number of carbonyl (C=O) groups excluding carboxylic acids is 1. The molecule has 5 heteroatoms. The lowest BCUT2D eigenvalue weighted by Crippen LogP contribution is -2.41. The zero-order valence-corrected chi connectivity index (χ0v) is 14.0. The summed E-state index contributed by atoms with van der Waals surface area (Å²) >= 11 is 0. The first-order valence-corrected chi connectivity index (χ1v) is 7.50. The minimum atomic E-state index is -0.353. The maximum absolute atomic E-state index is 11.5. The van der Waals surface area contributed by atoms with Crippen molar-refractivity contribution >= 4 is 5.97 Å². The number of esters is 1. The fraction of sp³-hybridized carbons (Fsp3) is 0.688. The van der Waals surface area contributed by atoms with Crippen LogP contribution in [0, 0.1) is 6.92 Å². The SMILES string of the molecule is COC(=O)c1cc(CNCCN(C(C)C)C(C)C)oc1C. The monoisotopic (exact) mass is 296 g/mol. The Labute approximate surface area is 127 Å². The molecular formula is C16H28N2O3. The number of hydrogen-bond donors (Lipinski definition) is 1. The quantitative estimate of drug-likeness (QED) is 0.590. The Hall–Kier alpha value is -1.33. The second-order valence-electron chi connectivity index (χ2n) is 5.78. The molecule has 1 rings (SSSR count). The van der Waals surface area contributed by atoms with E-state index >= 15 is 0 Å². The van der Waals surface area contributed by atoms with Gasteiger partial charge in [0.25, 0.3) is 0 Å². The summed E-state index contributed by atoms with van der Waals surface area (Å²) in [5.41, 5.74) is 0.500. The summed E-state index contributed by atoms with van der Waals surface area (Å²) < 4.78 is 10.3. The van der Waals surface area contributed by atoms with Gasteiger partial charge < -0.3 is 14.5 Å². The molecule has 1 aromatic heterocycles. The topological polar surface area (TPSA) is 54.7 Å². The molecule has 0 fully saturated rings. The fourth-order valence-corrected chi connectivity index (χ4v) is 2.48. The van der Waals surface area contributed by atoms with Crippen molar-refractivity contribution < 1.29 is 13.9 Å². The molecule has 120 valence electrons. The molecule has 0 bridgehead atoms. The molecular weight excluding hydrogens is 268 g/mol. The van der Waals surface area contributed by atoms with Crippen LogP contribution in [-0.2, 0) is 11.3 Å². The lowest BCUT2D eigenvalue weighted by atomic mass is 10.2. The highest BCUT2D eigenvalue weighted by Gasteiger charge is 2.15. The van der Waals surface area contributed by atoms with Crippen LogP contribution in [0.25, 0.3) is 0 Å². The molecule has 21 heavy (non-hydrogen) atoms. The van der Waals surface area contributed by atoms with Gasteiger partial charge in [0, 0.05) is 25.2 Å². The number of methoxy groups -OCH3 is 1. The zero-order chi connectivity index (χ0) is 16.0. The van der Waals surface area contributed by atoms with E-state index in [0.717, 1.165) is 18.8 Å². The van der Waals surface area contributed by atoms with Crippen LogP contribution in [0.1, 0.15) is 49.6 Å². The Morgan fingerprint density at radius 2 is 1.95 bits per heavy atom. The number of hydrogen-bond acceptors (Lipinski definition) is 5. The summed E-state index contributed by atoms with van der Waals surface area (Å²) in [6, 6.07) is 2.81. The average Bonchev–Trinajstić information content (AvgIpc) is 2.77. The standard InChI is InChI=1S/C16H28N2O3/c1-11(2)18(12(3)4)8-7-17-10-14-9-15(13(5)21-14)16(19)20-6/h9,11-12,17H,7-8,10H2,1-6H3. The second-order valence-corrected chi connectivity index (χ2v) is 5.78. The van der Waals surface area contributed by atoms with Crippen LogP contribution in [0.15, 0.2) is 10.5 Å². The third-order valence-electron chi connectivity index (χ3n) is 3.55. The summed E-state index contributed by atoms with van der Waals surface area (Å²) in [5, 5.41) is 3.35. The van der Waals surface area contributed by atoms with Crippen LogP contribution in [0.2, 0.25) is 0 Å². The molecule has 1 N–H and O–H groups in total. The van der Waals surface area contributed by atoms with E-state index in [4.69, 9.17) is 9.15 Å². The molecule has 0 saturated heterocycles. The Kier molecular flexibility index (Phi) is 6.92. The molecule has 0 amide bonds. The molecule has 0 radical (unpaired) electrons. The smallest absolute Gasteiger partial charge is 0.341 e. The van der Waals surface area contributed by atoms with Crippen molar-refractivity contribution in [3.05, 3.63) is 23.2 Å². The van der Waals surface area contributed by atoms with Gasteiger partial charge in [-0.3, -0.25) is 4.90 Å². The van der Waals surface area contributed by atoms with E-state index in [0.29, 0.717) is 30.0 Å². The molecule has 0 saturated carbocycles. The van der Waals surface area contributed by atoms with Gasteiger partial charge in [0.1, 0.15) is 17.1 Å². The van der Waals surface area contributed by atoms with E-state index in [-0.39, 0.29) is 5.97 Å². The van der Waals surface area contributed by atoms with Crippen molar-refractivity contribution in [2.24, 2.45) is 0 Å². The molecule has 0 aliphatic carbocycles. The van der Waals surface area contributed by atoms with Gasteiger partial charge in [-0.25, -0.2) is 4.79 Å². The summed E-state index contributed by atoms with van der Waals surface area (Å²) in [6.07, 6.45) is 0. The van der Waals surface area contributed by atoms with Crippen molar-refractivity contribution in [2.75, 3.05) is 20.2 Å². The van der Waals surface area contributed by atoms with Crippen molar-refractivity contribution in [1.82, 2.24) is 10.2 Å². The Morgan fingerprint density at radius 3 is 2.48 bits per heavy atom. The Balaban J connectivity index is 2.44. The molecule has 0 unspecified atom stereocenters. The van der Waals surface area contributed by atoms with Crippen LogP contribution < -0.4 is 5.32 Å². The maximum atomic E-state index is 11.5. The van der Waals surface area contributed by atoms with Gasteiger partial charge in [-0.15, -0.1) is 0 Å². The summed E-state index contributed by atoms with van der Waals surface area (Å²) in [5.74, 6) is 1.01. The van der Waals surface area contributed by atoms with Crippen molar-refractivity contribution in [3.8, 4) is 0 Å². The van der Waals surface area contributed by atoms with Crippen LogP contribution in [0.4, 0.5) is 0 Å². The van der Waals surface area contributed by atoms with Crippen LogP contribution in [0.5, 0.6) is 0 Å². The number of furan rings is 1. The van der Waals surface area contributed by atoms with Gasteiger partial charge in [0.15, 0.2) is 0 Å². The summed E-state index contributed by atoms with van der Waals surface area (Å²) in [7, 11) is 1.37. The predicted molar refractivity (Wildman–Crippen MR) is 83.5 cm³/mol. The van der Waals surface area contributed by atoms with E-state index in [1.807, 2.05) is 0 Å². The minimum Gasteiger partial charge on any atom is -0.465 e. The first-order chi connectivity index (χ1) is 9.86. The first-order valence-electron chi connectivity index (χ1n) is 7.50. The average molecular weight is 296 g/mol. The number of ether oxygens (including phenoxy) is 1. The normalized spacial score (nSPS) is 11.7. The second kappa shape index (κ2) is 8.20. The highest BCUT2D eigenvalue weighted by molar-refractivity contribution is 5.90. The molecule has 0 aliphatic rings. The summed E-state index contributed by atoms with van der Waals surface area (Å²) in [4.78, 5) is 13.9. The lowest BCUT2D eigenvalue weighted by molar-refractivity contribution is 0.0599. The Bertz CT molecular complexity index is 444.